The molecule has 1 aromatic carbocycles. The molecule has 0 radical (unpaired) electrons. The minimum absolute atomic E-state index is 0.163. The molecule has 5 rings (SSSR count). The van der Waals surface area contributed by atoms with E-state index >= 15 is 0 Å². The molecular formula is C28H29N5O2S. The third kappa shape index (κ3) is 3.97. The number of hydrogen-bond acceptors (Lipinski definition) is 5. The Bertz CT molecular complexity index is 1420. The van der Waals surface area contributed by atoms with E-state index in [9.17, 15) is 0 Å². The first kappa shape index (κ1) is 23.8. The molecule has 3 aromatic heterocycles. The Morgan fingerprint density at radius 2 is 1.72 bits per heavy atom. The number of pyridine rings is 2. The average molecular weight is 500 g/mol. The maximum absolute atomic E-state index is 5.92. The Hall–Kier alpha value is -3.91. The standard InChI is InChI=1S/C28H29N5O2S/c1-17-9-8-14-30-27(17)32-18(2)15-21(19(32)3)26-25(22-10-6-7-13-29-22)31-28(36)33(26)23-12-11-20(34-4)16-24(23)35-5/h6-16,25-26H,1-5H3,(H,31,36)/t25-,26+/m1/s1. The second kappa shape index (κ2) is 9.62. The molecule has 0 spiro atoms. The second-order valence-electron chi connectivity index (χ2n) is 8.84. The van der Waals surface area contributed by atoms with E-state index < -0.39 is 0 Å². The van der Waals surface area contributed by atoms with Gasteiger partial charge in [0.2, 0.25) is 0 Å². The van der Waals surface area contributed by atoms with Crippen LogP contribution < -0.4 is 19.7 Å². The predicted molar refractivity (Wildman–Crippen MR) is 145 cm³/mol. The van der Waals surface area contributed by atoms with Gasteiger partial charge in [-0.05, 0) is 80.5 Å². The van der Waals surface area contributed by atoms with E-state index in [4.69, 9.17) is 21.7 Å². The van der Waals surface area contributed by atoms with Crippen LogP contribution in [0.1, 0.15) is 40.3 Å². The number of aryl methyl sites for hydroxylation is 2. The summed E-state index contributed by atoms with van der Waals surface area (Å²) in [4.78, 5) is 11.5. The van der Waals surface area contributed by atoms with Crippen LogP contribution in [-0.4, -0.2) is 33.9 Å². The Morgan fingerprint density at radius 3 is 2.42 bits per heavy atom. The Labute approximate surface area is 216 Å². The monoisotopic (exact) mass is 499 g/mol. The van der Waals surface area contributed by atoms with Crippen molar-refractivity contribution in [2.24, 2.45) is 0 Å². The molecule has 2 atom stereocenters. The lowest BCUT2D eigenvalue weighted by Crippen LogP contribution is -2.30. The number of anilines is 1. The van der Waals surface area contributed by atoms with Gasteiger partial charge in [-0.25, -0.2) is 4.98 Å². The largest absolute Gasteiger partial charge is 0.497 e. The first-order valence-electron chi connectivity index (χ1n) is 11.8. The topological polar surface area (TPSA) is 64.4 Å². The van der Waals surface area contributed by atoms with Gasteiger partial charge in [0.25, 0.3) is 0 Å². The van der Waals surface area contributed by atoms with E-state index in [1.54, 1.807) is 14.2 Å². The van der Waals surface area contributed by atoms with Gasteiger partial charge in [0, 0.05) is 29.8 Å². The lowest BCUT2D eigenvalue weighted by atomic mass is 9.96. The molecule has 1 N–H and O–H groups in total. The molecule has 1 aliphatic heterocycles. The van der Waals surface area contributed by atoms with Crippen molar-refractivity contribution >= 4 is 23.0 Å². The zero-order chi connectivity index (χ0) is 25.4. The molecule has 0 aliphatic carbocycles. The van der Waals surface area contributed by atoms with Crippen molar-refractivity contribution in [1.82, 2.24) is 19.9 Å². The first-order chi connectivity index (χ1) is 17.4. The lowest BCUT2D eigenvalue weighted by Gasteiger charge is -2.29. The van der Waals surface area contributed by atoms with Crippen LogP contribution in [0.3, 0.4) is 0 Å². The van der Waals surface area contributed by atoms with Crippen molar-refractivity contribution < 1.29 is 9.47 Å². The summed E-state index contributed by atoms with van der Waals surface area (Å²) in [6.45, 7) is 6.33. The second-order valence-corrected chi connectivity index (χ2v) is 9.23. The number of nitrogens with zero attached hydrogens (tertiary/aromatic N) is 4. The Kier molecular flexibility index (Phi) is 6.36. The molecule has 8 heteroatoms. The van der Waals surface area contributed by atoms with Crippen LogP contribution in [-0.2, 0) is 0 Å². The minimum atomic E-state index is -0.168. The lowest BCUT2D eigenvalue weighted by molar-refractivity contribution is 0.394. The van der Waals surface area contributed by atoms with E-state index in [0.717, 1.165) is 45.5 Å². The third-order valence-electron chi connectivity index (χ3n) is 6.73. The Balaban J connectivity index is 1.71. The van der Waals surface area contributed by atoms with Crippen LogP contribution in [0.15, 0.2) is 67.0 Å². The maximum atomic E-state index is 5.92. The van der Waals surface area contributed by atoms with Gasteiger partial charge in [-0.15, -0.1) is 0 Å². The van der Waals surface area contributed by atoms with Gasteiger partial charge in [-0.1, -0.05) is 12.1 Å². The van der Waals surface area contributed by atoms with Crippen molar-refractivity contribution in [3.63, 3.8) is 0 Å². The van der Waals surface area contributed by atoms with Crippen LogP contribution in [0.5, 0.6) is 11.5 Å². The molecule has 4 aromatic rings. The smallest absolute Gasteiger partial charge is 0.174 e. The summed E-state index contributed by atoms with van der Waals surface area (Å²) >= 11 is 5.92. The number of benzene rings is 1. The third-order valence-corrected chi connectivity index (χ3v) is 7.04. The van der Waals surface area contributed by atoms with Gasteiger partial charge >= 0.3 is 0 Å². The van der Waals surface area contributed by atoms with Crippen molar-refractivity contribution in [1.29, 1.82) is 0 Å². The summed E-state index contributed by atoms with van der Waals surface area (Å²) in [7, 11) is 3.30. The van der Waals surface area contributed by atoms with Gasteiger partial charge < -0.3 is 24.3 Å². The van der Waals surface area contributed by atoms with Crippen molar-refractivity contribution in [3.8, 4) is 17.3 Å². The van der Waals surface area contributed by atoms with E-state index in [1.165, 1.54) is 0 Å². The highest BCUT2D eigenvalue weighted by Gasteiger charge is 2.43. The maximum Gasteiger partial charge on any atom is 0.174 e. The molecule has 1 fully saturated rings. The summed E-state index contributed by atoms with van der Waals surface area (Å²) in [5.41, 5.74) is 6.23. The van der Waals surface area contributed by atoms with Crippen LogP contribution in [0.25, 0.3) is 5.82 Å². The van der Waals surface area contributed by atoms with Crippen LogP contribution >= 0.6 is 12.2 Å². The SMILES string of the molecule is COc1ccc(N2C(=S)N[C@H](c3ccccn3)[C@@H]2c2cc(C)n(-c3ncccc3C)c2C)c(OC)c1. The fourth-order valence-electron chi connectivity index (χ4n) is 5.04. The molecule has 0 saturated carbocycles. The molecule has 1 saturated heterocycles. The number of rotatable bonds is 6. The van der Waals surface area contributed by atoms with Crippen LogP contribution in [0.2, 0.25) is 0 Å². The Morgan fingerprint density at radius 1 is 0.917 bits per heavy atom. The zero-order valence-electron chi connectivity index (χ0n) is 21.0. The van der Waals surface area contributed by atoms with Gasteiger partial charge in [-0.3, -0.25) is 4.98 Å². The van der Waals surface area contributed by atoms with E-state index in [2.05, 4.69) is 57.7 Å². The first-order valence-corrected chi connectivity index (χ1v) is 12.2. The van der Waals surface area contributed by atoms with Crippen LogP contribution in [0.4, 0.5) is 5.69 Å². The molecule has 7 nitrogen and oxygen atoms in total. The molecule has 1 aliphatic rings. The number of thiocarbonyl (C=S) groups is 1. The highest BCUT2D eigenvalue weighted by Crippen LogP contribution is 2.46. The summed E-state index contributed by atoms with van der Waals surface area (Å²) in [6.07, 6.45) is 3.65. The van der Waals surface area contributed by atoms with Gasteiger partial charge in [0.05, 0.1) is 37.7 Å². The molecule has 0 bridgehead atoms. The molecule has 0 unspecified atom stereocenters. The normalized spacial score (nSPS) is 17.2. The van der Waals surface area contributed by atoms with Gasteiger partial charge in [0.15, 0.2) is 5.11 Å². The number of nitrogens with one attached hydrogen (secondary N) is 1. The van der Waals surface area contributed by atoms with Crippen molar-refractivity contribution in [2.45, 2.75) is 32.9 Å². The average Bonchev–Trinajstić information content (AvgIpc) is 3.39. The highest BCUT2D eigenvalue weighted by atomic mass is 32.1. The van der Waals surface area contributed by atoms with E-state index in [0.29, 0.717) is 10.9 Å². The number of ether oxygens (including phenoxy) is 2. The fraction of sp³-hybridized carbons (Fsp3) is 0.250. The molecule has 0 amide bonds. The van der Waals surface area contributed by atoms with E-state index in [1.807, 2.05) is 54.9 Å². The minimum Gasteiger partial charge on any atom is -0.497 e. The number of methoxy groups -OCH3 is 2. The van der Waals surface area contributed by atoms with Gasteiger partial charge in [-0.2, -0.15) is 0 Å². The molecule has 4 heterocycles. The summed E-state index contributed by atoms with van der Waals surface area (Å²) in [5, 5.41) is 4.15. The predicted octanol–water partition coefficient (Wildman–Crippen LogP) is 5.39. The summed E-state index contributed by atoms with van der Waals surface area (Å²) in [5.74, 6) is 2.32. The molecule has 36 heavy (non-hydrogen) atoms. The highest BCUT2D eigenvalue weighted by molar-refractivity contribution is 7.80. The quantitative estimate of drug-likeness (QED) is 0.357. The molecule has 184 valence electrons. The fourth-order valence-corrected chi connectivity index (χ4v) is 5.38. The molecular weight excluding hydrogens is 470 g/mol. The van der Waals surface area contributed by atoms with E-state index in [-0.39, 0.29) is 12.1 Å². The summed E-state index contributed by atoms with van der Waals surface area (Å²) in [6, 6.07) is 17.7. The number of aromatic nitrogens is 3. The van der Waals surface area contributed by atoms with Gasteiger partial charge in [0.1, 0.15) is 17.3 Å². The summed E-state index contributed by atoms with van der Waals surface area (Å²) < 4.78 is 13.4. The van der Waals surface area contributed by atoms with Crippen molar-refractivity contribution in [2.75, 3.05) is 19.1 Å². The zero-order valence-corrected chi connectivity index (χ0v) is 21.8. The number of hydrogen-bond donors (Lipinski definition) is 1. The van der Waals surface area contributed by atoms with Crippen molar-refractivity contribution in [3.05, 3.63) is 95.2 Å². The van der Waals surface area contributed by atoms with Crippen LogP contribution in [0, 0.1) is 20.8 Å².